The molecule has 2 aliphatic rings. The van der Waals surface area contributed by atoms with E-state index in [2.05, 4.69) is 20.7 Å². The lowest BCUT2D eigenvalue weighted by molar-refractivity contribution is -0.125. The fourth-order valence-corrected chi connectivity index (χ4v) is 5.27. The summed E-state index contributed by atoms with van der Waals surface area (Å²) in [5, 5.41) is 9.99. The molecule has 1 aromatic heterocycles. The molecular formula is C30H35FN4O6. The molecule has 0 saturated carbocycles. The number of methoxy groups -OCH3 is 1. The number of carbonyl (C=O) groups excluding carboxylic acids is 2. The number of aromatic nitrogens is 1. The number of benzene rings is 2. The van der Waals surface area contributed by atoms with Crippen molar-refractivity contribution < 1.29 is 32.7 Å². The van der Waals surface area contributed by atoms with Gasteiger partial charge < -0.3 is 29.4 Å². The van der Waals surface area contributed by atoms with E-state index in [1.807, 2.05) is 19.9 Å². The van der Waals surface area contributed by atoms with Gasteiger partial charge in [0.1, 0.15) is 23.4 Å². The SMILES string of the molecule is COc1ccc2cc1OCC(=O)N[C@@H]1CN(Cc3c(C)noc3C)CC[C@H]1Oc1cc(F)cc(c1)CNC(=O)CC2. The molecule has 2 aromatic carbocycles. The summed E-state index contributed by atoms with van der Waals surface area (Å²) in [7, 11) is 1.53. The van der Waals surface area contributed by atoms with Gasteiger partial charge in [-0.25, -0.2) is 4.39 Å². The second-order valence-electron chi connectivity index (χ2n) is 10.5. The quantitative estimate of drug-likeness (QED) is 0.497. The minimum Gasteiger partial charge on any atom is -0.493 e. The van der Waals surface area contributed by atoms with Crippen molar-refractivity contribution in [3.05, 3.63) is 70.4 Å². The second-order valence-corrected chi connectivity index (χ2v) is 10.5. The fourth-order valence-electron chi connectivity index (χ4n) is 5.27. The standard InChI is InChI=1S/C30H35FN4O6/c1-18-24(19(2)41-34-18)15-35-9-8-26-25(16-35)33-30(37)17-39-28-12-20(4-6-27(28)38-3)5-7-29(36)32-14-21-10-22(31)13-23(11-21)40-26/h4,6,10-13,25-26H,5,7-9,14-17H2,1-3H3,(H,32,36)(H,33,37)/t25-,26-/m1/s1. The molecule has 0 radical (unpaired) electrons. The predicted molar refractivity (Wildman–Crippen MR) is 147 cm³/mol. The maximum absolute atomic E-state index is 14.5. The van der Waals surface area contributed by atoms with Gasteiger partial charge in [0.2, 0.25) is 5.91 Å². The van der Waals surface area contributed by atoms with Crippen molar-refractivity contribution in [1.82, 2.24) is 20.7 Å². The van der Waals surface area contributed by atoms with Crippen LogP contribution in [0.2, 0.25) is 0 Å². The fraction of sp³-hybridized carbons (Fsp3) is 0.433. The molecule has 2 N–H and O–H groups in total. The van der Waals surface area contributed by atoms with E-state index < -0.39 is 18.0 Å². The van der Waals surface area contributed by atoms with E-state index in [0.717, 1.165) is 22.6 Å². The molecule has 218 valence electrons. The zero-order valence-electron chi connectivity index (χ0n) is 23.5. The lowest BCUT2D eigenvalue weighted by Gasteiger charge is -2.38. The van der Waals surface area contributed by atoms with E-state index >= 15 is 0 Å². The van der Waals surface area contributed by atoms with Crippen LogP contribution >= 0.6 is 0 Å². The smallest absolute Gasteiger partial charge is 0.258 e. The first-order chi connectivity index (χ1) is 19.8. The Kier molecular flexibility index (Phi) is 8.72. The molecule has 2 aliphatic heterocycles. The first-order valence-electron chi connectivity index (χ1n) is 13.7. The van der Waals surface area contributed by atoms with Crippen LogP contribution in [0.1, 0.15) is 41.0 Å². The van der Waals surface area contributed by atoms with Gasteiger partial charge in [-0.1, -0.05) is 11.2 Å². The summed E-state index contributed by atoms with van der Waals surface area (Å²) in [5.41, 5.74) is 3.30. The minimum atomic E-state index is -0.461. The van der Waals surface area contributed by atoms with Crippen LogP contribution in [0.3, 0.4) is 0 Å². The van der Waals surface area contributed by atoms with E-state index in [4.69, 9.17) is 18.7 Å². The minimum absolute atomic E-state index is 0.166. The highest BCUT2D eigenvalue weighted by molar-refractivity contribution is 5.78. The number of piperidine rings is 1. The van der Waals surface area contributed by atoms with E-state index in [1.165, 1.54) is 19.2 Å². The Balaban J connectivity index is 1.40. The van der Waals surface area contributed by atoms with E-state index in [1.54, 1.807) is 18.2 Å². The number of hydrogen-bond donors (Lipinski definition) is 2. The third-order valence-corrected chi connectivity index (χ3v) is 7.48. The summed E-state index contributed by atoms with van der Waals surface area (Å²) in [6.45, 7) is 5.53. The predicted octanol–water partition coefficient (Wildman–Crippen LogP) is 3.22. The number of hydrogen-bond acceptors (Lipinski definition) is 8. The number of aryl methyl sites for hydroxylation is 3. The zero-order chi connectivity index (χ0) is 28.9. The highest BCUT2D eigenvalue weighted by Crippen LogP contribution is 2.29. The molecule has 2 atom stereocenters. The Hall–Kier alpha value is -4.12. The summed E-state index contributed by atoms with van der Waals surface area (Å²) < 4.78 is 37.4. The van der Waals surface area contributed by atoms with Crippen LogP contribution in [0.15, 0.2) is 40.9 Å². The van der Waals surface area contributed by atoms with Crippen LogP contribution in [0, 0.1) is 19.7 Å². The van der Waals surface area contributed by atoms with Gasteiger partial charge in [-0.3, -0.25) is 14.5 Å². The van der Waals surface area contributed by atoms with Gasteiger partial charge in [-0.05, 0) is 62.1 Å². The van der Waals surface area contributed by atoms with Crippen molar-refractivity contribution in [2.45, 2.75) is 58.3 Å². The van der Waals surface area contributed by atoms with Crippen molar-refractivity contribution in [2.24, 2.45) is 0 Å². The van der Waals surface area contributed by atoms with Crippen molar-refractivity contribution in [3.8, 4) is 17.2 Å². The lowest BCUT2D eigenvalue weighted by atomic mass is 10.0. The average Bonchev–Trinajstić information content (AvgIpc) is 3.26. The number of fused-ring (bicyclic) bond motifs is 5. The lowest BCUT2D eigenvalue weighted by Crippen LogP contribution is -2.57. The summed E-state index contributed by atoms with van der Waals surface area (Å²) >= 11 is 0. The third-order valence-electron chi connectivity index (χ3n) is 7.48. The number of carbonyl (C=O) groups is 2. The van der Waals surface area contributed by atoms with Crippen LogP contribution in [-0.4, -0.2) is 60.8 Å². The third kappa shape index (κ3) is 7.15. The number of nitrogens with zero attached hydrogens (tertiary/aromatic N) is 2. The van der Waals surface area contributed by atoms with Crippen LogP contribution in [0.4, 0.5) is 4.39 Å². The molecule has 4 bridgehead atoms. The molecule has 2 amide bonds. The van der Waals surface area contributed by atoms with Crippen molar-refractivity contribution in [2.75, 3.05) is 26.8 Å². The first-order valence-corrected chi connectivity index (χ1v) is 13.7. The van der Waals surface area contributed by atoms with Gasteiger partial charge in [-0.2, -0.15) is 0 Å². The molecule has 3 aromatic rings. The summed E-state index contributed by atoms with van der Waals surface area (Å²) in [5.74, 6) is 1.07. The Morgan fingerprint density at radius 1 is 1.10 bits per heavy atom. The van der Waals surface area contributed by atoms with Gasteiger partial charge in [-0.15, -0.1) is 0 Å². The molecular weight excluding hydrogens is 531 g/mol. The molecule has 11 heteroatoms. The van der Waals surface area contributed by atoms with Crippen molar-refractivity contribution >= 4 is 11.8 Å². The number of amides is 2. The van der Waals surface area contributed by atoms with Gasteiger partial charge in [0, 0.05) is 44.2 Å². The first kappa shape index (κ1) is 28.4. The molecule has 10 nitrogen and oxygen atoms in total. The Morgan fingerprint density at radius 3 is 2.73 bits per heavy atom. The van der Waals surface area contributed by atoms with Gasteiger partial charge in [0.15, 0.2) is 18.1 Å². The van der Waals surface area contributed by atoms with E-state index in [0.29, 0.717) is 55.3 Å². The second kappa shape index (κ2) is 12.6. The summed E-state index contributed by atoms with van der Waals surface area (Å²) in [6, 6.07) is 9.40. The molecule has 0 spiro atoms. The molecule has 0 unspecified atom stereocenters. The highest BCUT2D eigenvalue weighted by atomic mass is 19.1. The van der Waals surface area contributed by atoms with Gasteiger partial charge in [0.25, 0.3) is 5.91 Å². The largest absolute Gasteiger partial charge is 0.493 e. The summed E-state index contributed by atoms with van der Waals surface area (Å²) in [6.07, 6.45) is 0.869. The van der Waals surface area contributed by atoms with Crippen LogP contribution in [-0.2, 0) is 29.1 Å². The molecule has 3 heterocycles. The molecule has 1 saturated heterocycles. The van der Waals surface area contributed by atoms with Crippen LogP contribution in [0.25, 0.3) is 0 Å². The maximum Gasteiger partial charge on any atom is 0.258 e. The monoisotopic (exact) mass is 566 g/mol. The van der Waals surface area contributed by atoms with Crippen LogP contribution in [0.5, 0.6) is 17.2 Å². The van der Waals surface area contributed by atoms with E-state index in [9.17, 15) is 14.0 Å². The summed E-state index contributed by atoms with van der Waals surface area (Å²) in [4.78, 5) is 27.9. The number of rotatable bonds is 3. The maximum atomic E-state index is 14.5. The molecule has 41 heavy (non-hydrogen) atoms. The van der Waals surface area contributed by atoms with Crippen molar-refractivity contribution in [1.29, 1.82) is 0 Å². The normalized spacial score (nSPS) is 20.4. The highest BCUT2D eigenvalue weighted by Gasteiger charge is 2.33. The average molecular weight is 567 g/mol. The molecule has 1 fully saturated rings. The Bertz CT molecular complexity index is 1390. The van der Waals surface area contributed by atoms with Crippen LogP contribution < -0.4 is 24.8 Å². The number of nitrogens with one attached hydrogen (secondary N) is 2. The van der Waals surface area contributed by atoms with Gasteiger partial charge in [0.05, 0.1) is 18.8 Å². The number of likely N-dealkylation sites (tertiary alicyclic amines) is 1. The van der Waals surface area contributed by atoms with Crippen molar-refractivity contribution in [3.63, 3.8) is 0 Å². The Labute approximate surface area is 238 Å². The number of halogens is 1. The number of ether oxygens (including phenoxy) is 3. The Morgan fingerprint density at radius 2 is 1.95 bits per heavy atom. The van der Waals surface area contributed by atoms with E-state index in [-0.39, 0.29) is 31.4 Å². The molecule has 5 rings (SSSR count). The topological polar surface area (TPSA) is 115 Å². The zero-order valence-corrected chi connectivity index (χ0v) is 23.5. The van der Waals surface area contributed by atoms with Gasteiger partial charge >= 0.3 is 0 Å². The molecule has 0 aliphatic carbocycles.